The third-order valence-electron chi connectivity index (χ3n) is 2.92. The van der Waals surface area contributed by atoms with Crippen LogP contribution in [0.25, 0.3) is 0 Å². The third-order valence-corrected chi connectivity index (χ3v) is 2.92. The van der Waals surface area contributed by atoms with Crippen LogP contribution in [0.3, 0.4) is 0 Å². The number of hydrogen-bond donors (Lipinski definition) is 1. The van der Waals surface area contributed by atoms with Crippen LogP contribution in [0.4, 0.5) is 0 Å². The lowest BCUT2D eigenvalue weighted by molar-refractivity contribution is -0.128. The molecule has 0 bridgehead atoms. The molecule has 0 rings (SSSR count). The van der Waals surface area contributed by atoms with Gasteiger partial charge in [0, 0.05) is 12.3 Å². The molecule has 0 radical (unpaired) electrons. The molecule has 2 unspecified atom stereocenters. The van der Waals surface area contributed by atoms with Gasteiger partial charge in [-0.15, -0.1) is 0 Å². The van der Waals surface area contributed by atoms with E-state index in [0.29, 0.717) is 24.7 Å². The number of Topliss-reactive ketones (excluding diaryl/α,β-unsaturated/α-hetero) is 2. The summed E-state index contributed by atoms with van der Waals surface area (Å²) in [6.45, 7) is 9.78. The number of rotatable bonds is 8. The molecule has 0 spiro atoms. The zero-order valence-electron chi connectivity index (χ0n) is 11.8. The first-order valence-corrected chi connectivity index (χ1v) is 6.52. The van der Waals surface area contributed by atoms with E-state index in [1.54, 1.807) is 6.92 Å². The quantitative estimate of drug-likeness (QED) is 0.710. The highest BCUT2D eigenvalue weighted by Crippen LogP contribution is 2.18. The minimum absolute atomic E-state index is 0.0274. The number of hydrogen-bond acceptors (Lipinski definition) is 3. The molecule has 0 aromatic rings. The Balaban J connectivity index is 4.35. The number of nitrogens with two attached hydrogens (primary N) is 1. The summed E-state index contributed by atoms with van der Waals surface area (Å²) in [4.78, 5) is 23.4. The van der Waals surface area contributed by atoms with Gasteiger partial charge in [0.1, 0.15) is 11.6 Å². The van der Waals surface area contributed by atoms with E-state index in [-0.39, 0.29) is 17.5 Å². The van der Waals surface area contributed by atoms with Crippen molar-refractivity contribution in [2.24, 2.45) is 23.5 Å². The van der Waals surface area contributed by atoms with Gasteiger partial charge in [0.05, 0.1) is 6.04 Å². The second kappa shape index (κ2) is 7.59. The first-order valence-electron chi connectivity index (χ1n) is 6.52. The Kier molecular flexibility index (Phi) is 7.28. The van der Waals surface area contributed by atoms with E-state index in [9.17, 15) is 9.59 Å². The van der Waals surface area contributed by atoms with Gasteiger partial charge in [-0.05, 0) is 31.6 Å². The molecular formula is C14H27NO2. The maximum absolute atomic E-state index is 11.9. The lowest BCUT2D eigenvalue weighted by Crippen LogP contribution is -2.34. The molecule has 0 aromatic carbocycles. The van der Waals surface area contributed by atoms with E-state index in [2.05, 4.69) is 13.8 Å². The normalized spacial score (nSPS) is 15.1. The van der Waals surface area contributed by atoms with Crippen molar-refractivity contribution >= 4 is 11.6 Å². The van der Waals surface area contributed by atoms with Gasteiger partial charge in [-0.25, -0.2) is 0 Å². The lowest BCUT2D eigenvalue weighted by atomic mass is 9.87. The highest BCUT2D eigenvalue weighted by atomic mass is 16.1. The zero-order chi connectivity index (χ0) is 13.6. The Bertz CT molecular complexity index is 259. The topological polar surface area (TPSA) is 60.2 Å². The number of carbonyl (C=O) groups is 2. The number of carbonyl (C=O) groups excluding carboxylic acids is 2. The smallest absolute Gasteiger partial charge is 0.150 e. The Morgan fingerprint density at radius 1 is 1.00 bits per heavy atom. The summed E-state index contributed by atoms with van der Waals surface area (Å²) in [6, 6.07) is -0.413. The summed E-state index contributed by atoms with van der Waals surface area (Å²) in [6.07, 6.45) is 1.78. The van der Waals surface area contributed by atoms with Crippen LogP contribution in [0.5, 0.6) is 0 Å². The van der Waals surface area contributed by atoms with Crippen LogP contribution in [0, 0.1) is 17.8 Å². The van der Waals surface area contributed by atoms with Crippen LogP contribution in [-0.2, 0) is 9.59 Å². The molecular weight excluding hydrogens is 214 g/mol. The van der Waals surface area contributed by atoms with Gasteiger partial charge in [-0.3, -0.25) is 9.59 Å². The average molecular weight is 241 g/mol. The fourth-order valence-electron chi connectivity index (χ4n) is 2.00. The largest absolute Gasteiger partial charge is 0.322 e. The Labute approximate surface area is 105 Å². The van der Waals surface area contributed by atoms with Gasteiger partial charge in [-0.1, -0.05) is 27.7 Å². The molecule has 0 fully saturated rings. The molecule has 0 saturated heterocycles. The van der Waals surface area contributed by atoms with Gasteiger partial charge >= 0.3 is 0 Å². The van der Waals surface area contributed by atoms with Crippen LogP contribution in [0.1, 0.15) is 53.9 Å². The molecule has 100 valence electrons. The van der Waals surface area contributed by atoms with Crippen molar-refractivity contribution in [3.8, 4) is 0 Å². The molecule has 0 aliphatic heterocycles. The van der Waals surface area contributed by atoms with E-state index in [0.717, 1.165) is 6.42 Å². The SMILES string of the molecule is CC(=O)C(CC(=O)C(N)CC(C)C)CC(C)C. The van der Waals surface area contributed by atoms with Crippen molar-refractivity contribution in [3.05, 3.63) is 0 Å². The summed E-state index contributed by atoms with van der Waals surface area (Å²) in [5.74, 6) is 0.817. The Morgan fingerprint density at radius 3 is 1.82 bits per heavy atom. The van der Waals surface area contributed by atoms with Crippen LogP contribution < -0.4 is 5.73 Å². The van der Waals surface area contributed by atoms with Gasteiger partial charge in [-0.2, -0.15) is 0 Å². The molecule has 0 aromatic heterocycles. The average Bonchev–Trinajstić information content (AvgIpc) is 2.14. The van der Waals surface area contributed by atoms with Crippen molar-refractivity contribution in [2.45, 2.75) is 59.9 Å². The van der Waals surface area contributed by atoms with E-state index < -0.39 is 6.04 Å². The molecule has 0 saturated carbocycles. The lowest BCUT2D eigenvalue weighted by Gasteiger charge is -2.18. The van der Waals surface area contributed by atoms with E-state index in [1.165, 1.54) is 0 Å². The van der Waals surface area contributed by atoms with Crippen LogP contribution >= 0.6 is 0 Å². The van der Waals surface area contributed by atoms with E-state index >= 15 is 0 Å². The molecule has 2 atom stereocenters. The van der Waals surface area contributed by atoms with Crippen LogP contribution in [0.15, 0.2) is 0 Å². The van der Waals surface area contributed by atoms with E-state index in [1.807, 2.05) is 13.8 Å². The number of ketones is 2. The minimum Gasteiger partial charge on any atom is -0.322 e. The molecule has 3 nitrogen and oxygen atoms in total. The first-order chi connectivity index (χ1) is 7.73. The van der Waals surface area contributed by atoms with Crippen LogP contribution in [-0.4, -0.2) is 17.6 Å². The Morgan fingerprint density at radius 2 is 1.47 bits per heavy atom. The highest BCUT2D eigenvalue weighted by molar-refractivity contribution is 5.89. The maximum atomic E-state index is 11.9. The summed E-state index contributed by atoms with van der Waals surface area (Å²) < 4.78 is 0. The van der Waals surface area contributed by atoms with Crippen molar-refractivity contribution in [1.82, 2.24) is 0 Å². The zero-order valence-corrected chi connectivity index (χ0v) is 11.8. The van der Waals surface area contributed by atoms with Crippen molar-refractivity contribution < 1.29 is 9.59 Å². The van der Waals surface area contributed by atoms with Crippen molar-refractivity contribution in [2.75, 3.05) is 0 Å². The molecule has 17 heavy (non-hydrogen) atoms. The molecule has 0 heterocycles. The van der Waals surface area contributed by atoms with Crippen molar-refractivity contribution in [1.29, 1.82) is 0 Å². The maximum Gasteiger partial charge on any atom is 0.150 e. The summed E-state index contributed by atoms with van der Waals surface area (Å²) in [7, 11) is 0. The highest BCUT2D eigenvalue weighted by Gasteiger charge is 2.23. The summed E-state index contributed by atoms with van der Waals surface area (Å²) in [5.41, 5.74) is 5.84. The molecule has 0 aliphatic rings. The van der Waals surface area contributed by atoms with Crippen molar-refractivity contribution in [3.63, 3.8) is 0 Å². The Hall–Kier alpha value is -0.700. The third kappa shape index (κ3) is 7.27. The molecule has 0 aliphatic carbocycles. The van der Waals surface area contributed by atoms with E-state index in [4.69, 9.17) is 5.73 Å². The van der Waals surface area contributed by atoms with Gasteiger partial charge in [0.15, 0.2) is 0 Å². The standard InChI is InChI=1S/C14H27NO2/c1-9(2)6-12(11(5)16)8-14(17)13(15)7-10(3)4/h9-10,12-13H,6-8,15H2,1-5H3. The fourth-order valence-corrected chi connectivity index (χ4v) is 2.00. The van der Waals surface area contributed by atoms with Gasteiger partial charge in [0.2, 0.25) is 0 Å². The monoisotopic (exact) mass is 241 g/mol. The predicted molar refractivity (Wildman–Crippen MR) is 70.7 cm³/mol. The minimum atomic E-state index is -0.413. The molecule has 0 amide bonds. The fraction of sp³-hybridized carbons (Fsp3) is 0.857. The molecule has 3 heteroatoms. The second-order valence-corrected chi connectivity index (χ2v) is 5.84. The summed E-state index contributed by atoms with van der Waals surface area (Å²) in [5, 5.41) is 0. The molecule has 2 N–H and O–H groups in total. The second-order valence-electron chi connectivity index (χ2n) is 5.84. The van der Waals surface area contributed by atoms with Gasteiger partial charge < -0.3 is 5.73 Å². The van der Waals surface area contributed by atoms with Gasteiger partial charge in [0.25, 0.3) is 0 Å². The summed E-state index contributed by atoms with van der Waals surface area (Å²) >= 11 is 0. The first kappa shape index (κ1) is 16.3. The predicted octanol–water partition coefficient (Wildman–Crippen LogP) is 2.57. The van der Waals surface area contributed by atoms with Crippen LogP contribution in [0.2, 0.25) is 0 Å².